The van der Waals surface area contributed by atoms with E-state index in [-0.39, 0.29) is 5.91 Å². The van der Waals surface area contributed by atoms with Crippen LogP contribution in [0.25, 0.3) is 22.2 Å². The molecule has 0 bridgehead atoms. The quantitative estimate of drug-likeness (QED) is 0.429. The first-order valence-corrected chi connectivity index (χ1v) is 11.3. The lowest BCUT2D eigenvalue weighted by Gasteiger charge is -2.35. The standard InChI is InChI=1S/C26H24F3N5O/c1-32-17-19(15-30-32)24-14-22(21-7-2-3-8-23(21)31-24)25(35)34-11-9-33(10-12-34)16-18-5-4-6-20(13-18)26(27,28)29/h2-8,13-15,17H,9-12,16H2,1H3. The van der Waals surface area contributed by atoms with Gasteiger partial charge in [-0.05, 0) is 23.8 Å². The minimum absolute atomic E-state index is 0.0764. The molecule has 1 saturated heterocycles. The third-order valence-corrected chi connectivity index (χ3v) is 6.27. The summed E-state index contributed by atoms with van der Waals surface area (Å²) in [5, 5.41) is 5.00. The largest absolute Gasteiger partial charge is 0.416 e. The Morgan fingerprint density at radius 3 is 2.49 bits per heavy atom. The number of nitrogens with zero attached hydrogens (tertiary/aromatic N) is 5. The maximum Gasteiger partial charge on any atom is 0.416 e. The van der Waals surface area contributed by atoms with E-state index in [1.54, 1.807) is 21.8 Å². The van der Waals surface area contributed by atoms with Gasteiger partial charge in [-0.1, -0.05) is 36.4 Å². The molecule has 180 valence electrons. The number of piperazine rings is 1. The fourth-order valence-corrected chi connectivity index (χ4v) is 4.44. The molecule has 0 radical (unpaired) electrons. The number of rotatable bonds is 4. The van der Waals surface area contributed by atoms with Gasteiger partial charge < -0.3 is 4.90 Å². The first kappa shape index (κ1) is 23.0. The first-order chi connectivity index (χ1) is 16.8. The number of carbonyl (C=O) groups is 1. The van der Waals surface area contributed by atoms with Crippen molar-refractivity contribution in [3.05, 3.63) is 83.7 Å². The van der Waals surface area contributed by atoms with E-state index >= 15 is 0 Å². The number of benzene rings is 2. The van der Waals surface area contributed by atoms with E-state index in [4.69, 9.17) is 4.98 Å². The van der Waals surface area contributed by atoms with Crippen LogP contribution in [0.1, 0.15) is 21.5 Å². The van der Waals surface area contributed by atoms with Crippen molar-refractivity contribution in [1.29, 1.82) is 0 Å². The second-order valence-electron chi connectivity index (χ2n) is 8.74. The normalized spacial score (nSPS) is 15.0. The Morgan fingerprint density at radius 1 is 1.00 bits per heavy atom. The minimum Gasteiger partial charge on any atom is -0.336 e. The summed E-state index contributed by atoms with van der Waals surface area (Å²) in [6, 6.07) is 14.8. The molecule has 0 saturated carbocycles. The number of hydrogen-bond donors (Lipinski definition) is 0. The molecule has 0 unspecified atom stereocenters. The molecule has 9 heteroatoms. The van der Waals surface area contributed by atoms with E-state index < -0.39 is 11.7 Å². The molecule has 1 aliphatic rings. The zero-order chi connectivity index (χ0) is 24.6. The predicted molar refractivity (Wildman–Crippen MR) is 127 cm³/mol. The van der Waals surface area contributed by atoms with Crippen LogP contribution in [0.15, 0.2) is 67.0 Å². The van der Waals surface area contributed by atoms with E-state index in [1.807, 2.05) is 43.6 Å². The predicted octanol–water partition coefficient (Wildman–Crippen LogP) is 4.61. The summed E-state index contributed by atoms with van der Waals surface area (Å²) in [7, 11) is 1.83. The fourth-order valence-electron chi connectivity index (χ4n) is 4.44. The molecule has 2 aromatic carbocycles. The molecule has 2 aromatic heterocycles. The van der Waals surface area contributed by atoms with E-state index in [1.165, 1.54) is 12.1 Å². The number of fused-ring (bicyclic) bond motifs is 1. The molecule has 1 aliphatic heterocycles. The Morgan fingerprint density at radius 2 is 1.77 bits per heavy atom. The lowest BCUT2D eigenvalue weighted by molar-refractivity contribution is -0.137. The highest BCUT2D eigenvalue weighted by Crippen LogP contribution is 2.30. The lowest BCUT2D eigenvalue weighted by atomic mass is 10.0. The molecule has 35 heavy (non-hydrogen) atoms. The maximum atomic E-state index is 13.6. The Kier molecular flexibility index (Phi) is 6.02. The Bertz CT molecular complexity index is 1370. The van der Waals surface area contributed by atoms with Gasteiger partial charge in [0.15, 0.2) is 0 Å². The van der Waals surface area contributed by atoms with Crippen LogP contribution >= 0.6 is 0 Å². The van der Waals surface area contributed by atoms with Crippen molar-refractivity contribution in [2.75, 3.05) is 26.2 Å². The second-order valence-corrected chi connectivity index (χ2v) is 8.74. The van der Waals surface area contributed by atoms with E-state index in [9.17, 15) is 18.0 Å². The number of amides is 1. The number of carbonyl (C=O) groups excluding carboxylic acids is 1. The van der Waals surface area contributed by atoms with Gasteiger partial charge in [0.05, 0.1) is 28.5 Å². The number of aromatic nitrogens is 3. The molecule has 4 aromatic rings. The average Bonchev–Trinajstić information content (AvgIpc) is 3.29. The molecule has 1 amide bonds. The monoisotopic (exact) mass is 479 g/mol. The Balaban J connectivity index is 1.33. The van der Waals surface area contributed by atoms with Crippen molar-refractivity contribution in [3.63, 3.8) is 0 Å². The maximum absolute atomic E-state index is 13.6. The second kappa shape index (κ2) is 9.14. The van der Waals surface area contributed by atoms with Crippen molar-refractivity contribution >= 4 is 16.8 Å². The van der Waals surface area contributed by atoms with Gasteiger partial charge >= 0.3 is 6.18 Å². The summed E-state index contributed by atoms with van der Waals surface area (Å²) in [6.07, 6.45) is -0.779. The number of halogens is 3. The zero-order valence-electron chi connectivity index (χ0n) is 19.2. The van der Waals surface area contributed by atoms with Crippen LogP contribution in [0.4, 0.5) is 13.2 Å². The minimum atomic E-state index is -4.36. The Labute approximate surface area is 200 Å². The third kappa shape index (κ3) is 4.90. The van der Waals surface area contributed by atoms with Gasteiger partial charge in [-0.2, -0.15) is 18.3 Å². The topological polar surface area (TPSA) is 54.3 Å². The summed E-state index contributed by atoms with van der Waals surface area (Å²) < 4.78 is 40.8. The van der Waals surface area contributed by atoms with E-state index in [0.29, 0.717) is 49.5 Å². The number of aryl methyl sites for hydroxylation is 1. The summed E-state index contributed by atoms with van der Waals surface area (Å²) in [6.45, 7) is 2.57. The van der Waals surface area contributed by atoms with Gasteiger partial charge in [0, 0.05) is 56.9 Å². The lowest BCUT2D eigenvalue weighted by Crippen LogP contribution is -2.48. The fraction of sp³-hybridized carbons (Fsp3) is 0.269. The van der Waals surface area contributed by atoms with Crippen LogP contribution in [0.5, 0.6) is 0 Å². The smallest absolute Gasteiger partial charge is 0.336 e. The van der Waals surface area contributed by atoms with E-state index in [0.717, 1.165) is 22.5 Å². The van der Waals surface area contributed by atoms with Gasteiger partial charge in [0.1, 0.15) is 0 Å². The van der Waals surface area contributed by atoms with E-state index in [2.05, 4.69) is 10.00 Å². The number of hydrogen-bond acceptors (Lipinski definition) is 4. The molecule has 0 atom stereocenters. The highest BCUT2D eigenvalue weighted by atomic mass is 19.4. The third-order valence-electron chi connectivity index (χ3n) is 6.27. The van der Waals surface area contributed by atoms with Crippen molar-refractivity contribution in [1.82, 2.24) is 24.6 Å². The van der Waals surface area contributed by atoms with Gasteiger partial charge in [0.2, 0.25) is 0 Å². The first-order valence-electron chi connectivity index (χ1n) is 11.3. The summed E-state index contributed by atoms with van der Waals surface area (Å²) >= 11 is 0. The van der Waals surface area contributed by atoms with Crippen molar-refractivity contribution in [2.24, 2.45) is 7.05 Å². The molecule has 6 nitrogen and oxygen atoms in total. The molecule has 1 fully saturated rings. The molecular formula is C26H24F3N5O. The summed E-state index contributed by atoms with van der Waals surface area (Å²) in [5.41, 5.74) is 2.81. The number of alkyl halides is 3. The summed E-state index contributed by atoms with van der Waals surface area (Å²) in [4.78, 5) is 22.2. The van der Waals surface area contributed by atoms with Crippen LogP contribution in [0.3, 0.4) is 0 Å². The van der Waals surface area contributed by atoms with Crippen LogP contribution in [-0.4, -0.2) is 56.7 Å². The van der Waals surface area contributed by atoms with Gasteiger partial charge in [0.25, 0.3) is 5.91 Å². The average molecular weight is 480 g/mol. The molecule has 3 heterocycles. The molecule has 5 rings (SSSR count). The van der Waals surface area contributed by atoms with Crippen molar-refractivity contribution in [3.8, 4) is 11.3 Å². The molecule has 0 spiro atoms. The highest BCUT2D eigenvalue weighted by Gasteiger charge is 2.31. The highest BCUT2D eigenvalue weighted by molar-refractivity contribution is 6.07. The zero-order valence-corrected chi connectivity index (χ0v) is 19.2. The SMILES string of the molecule is Cn1cc(-c2cc(C(=O)N3CCN(Cc4cccc(C(F)(F)F)c4)CC3)c3ccccc3n2)cn1. The molecule has 0 N–H and O–H groups in total. The summed E-state index contributed by atoms with van der Waals surface area (Å²) in [5.74, 6) is -0.0764. The van der Waals surface area contributed by atoms with Gasteiger partial charge in [-0.15, -0.1) is 0 Å². The van der Waals surface area contributed by atoms with Crippen LogP contribution in [-0.2, 0) is 19.8 Å². The molecule has 0 aliphatic carbocycles. The van der Waals surface area contributed by atoms with Crippen LogP contribution in [0, 0.1) is 0 Å². The number of pyridine rings is 1. The number of para-hydroxylation sites is 1. The van der Waals surface area contributed by atoms with Crippen molar-refractivity contribution < 1.29 is 18.0 Å². The van der Waals surface area contributed by atoms with Crippen molar-refractivity contribution in [2.45, 2.75) is 12.7 Å². The van der Waals surface area contributed by atoms with Crippen LogP contribution in [0.2, 0.25) is 0 Å². The van der Waals surface area contributed by atoms with Crippen LogP contribution < -0.4 is 0 Å². The van der Waals surface area contributed by atoms with Gasteiger partial charge in [-0.3, -0.25) is 14.4 Å². The molecular weight excluding hydrogens is 455 g/mol. The Hall–Kier alpha value is -3.72. The van der Waals surface area contributed by atoms with Gasteiger partial charge in [-0.25, -0.2) is 4.98 Å².